The minimum atomic E-state index is 0.819. The number of hydrogen-bond acceptors (Lipinski definition) is 2. The molecule has 0 atom stereocenters. The molecular formula is C42H26N4. The summed E-state index contributed by atoms with van der Waals surface area (Å²) >= 11 is 0. The van der Waals surface area contributed by atoms with Crippen molar-refractivity contribution >= 4 is 65.4 Å². The summed E-state index contributed by atoms with van der Waals surface area (Å²) < 4.78 is 4.71. The average Bonchev–Trinajstić information content (AvgIpc) is 3.62. The molecular weight excluding hydrogens is 560 g/mol. The van der Waals surface area contributed by atoms with Gasteiger partial charge >= 0.3 is 0 Å². The molecule has 10 aromatic rings. The SMILES string of the molecule is c1ccc(-c2nc3ccccc3nc2-n2c3cc(-n4c5ccccc5c5ccccc54)ccc3c3cc4ccccc4cc32)cc1. The molecule has 10 rings (SSSR count). The van der Waals surface area contributed by atoms with Gasteiger partial charge in [-0.15, -0.1) is 0 Å². The maximum absolute atomic E-state index is 5.36. The van der Waals surface area contributed by atoms with E-state index in [9.17, 15) is 0 Å². The summed E-state index contributed by atoms with van der Waals surface area (Å²) in [4.78, 5) is 10.6. The van der Waals surface area contributed by atoms with E-state index in [0.717, 1.165) is 44.8 Å². The van der Waals surface area contributed by atoms with Gasteiger partial charge < -0.3 is 4.57 Å². The predicted molar refractivity (Wildman–Crippen MR) is 191 cm³/mol. The predicted octanol–water partition coefficient (Wildman–Crippen LogP) is 10.6. The monoisotopic (exact) mass is 586 g/mol. The van der Waals surface area contributed by atoms with Crippen molar-refractivity contribution in [2.75, 3.05) is 0 Å². The van der Waals surface area contributed by atoms with Gasteiger partial charge in [-0.05, 0) is 59.3 Å². The summed E-state index contributed by atoms with van der Waals surface area (Å²) in [5, 5.41) is 7.27. The number of fused-ring (bicyclic) bond motifs is 8. The molecule has 4 nitrogen and oxygen atoms in total. The highest BCUT2D eigenvalue weighted by Crippen LogP contribution is 2.39. The molecule has 0 fully saturated rings. The Labute approximate surface area is 264 Å². The van der Waals surface area contributed by atoms with Gasteiger partial charge in [-0.25, -0.2) is 9.97 Å². The van der Waals surface area contributed by atoms with Crippen molar-refractivity contribution < 1.29 is 0 Å². The Hall–Kier alpha value is -6.26. The Kier molecular flexibility index (Phi) is 5.25. The largest absolute Gasteiger partial charge is 0.309 e. The van der Waals surface area contributed by atoms with Gasteiger partial charge in [-0.1, -0.05) is 109 Å². The van der Waals surface area contributed by atoms with Gasteiger partial charge in [0, 0.05) is 32.8 Å². The Morgan fingerprint density at radius 3 is 1.67 bits per heavy atom. The molecule has 0 saturated carbocycles. The molecule has 214 valence electrons. The van der Waals surface area contributed by atoms with Crippen LogP contribution in [0.2, 0.25) is 0 Å². The van der Waals surface area contributed by atoms with Crippen molar-refractivity contribution in [3.63, 3.8) is 0 Å². The Bertz CT molecular complexity index is 2750. The van der Waals surface area contributed by atoms with Crippen LogP contribution in [0.25, 0.3) is 88.2 Å². The smallest absolute Gasteiger partial charge is 0.165 e. The molecule has 46 heavy (non-hydrogen) atoms. The summed E-state index contributed by atoms with van der Waals surface area (Å²) in [6.45, 7) is 0. The number of rotatable bonds is 3. The maximum atomic E-state index is 5.36. The van der Waals surface area contributed by atoms with Gasteiger partial charge in [0.1, 0.15) is 5.69 Å². The first kappa shape index (κ1) is 25.1. The Balaban J connectivity index is 1.37. The topological polar surface area (TPSA) is 35.6 Å². The summed E-state index contributed by atoms with van der Waals surface area (Å²) in [5.74, 6) is 0.819. The quantitative estimate of drug-likeness (QED) is 0.206. The zero-order chi connectivity index (χ0) is 30.2. The molecule has 4 heteroatoms. The minimum absolute atomic E-state index is 0.819. The van der Waals surface area contributed by atoms with Crippen LogP contribution in [0.3, 0.4) is 0 Å². The van der Waals surface area contributed by atoms with Crippen molar-refractivity contribution in [1.29, 1.82) is 0 Å². The number of para-hydroxylation sites is 4. The first-order valence-corrected chi connectivity index (χ1v) is 15.6. The third-order valence-corrected chi connectivity index (χ3v) is 9.27. The lowest BCUT2D eigenvalue weighted by Crippen LogP contribution is -2.04. The third-order valence-electron chi connectivity index (χ3n) is 9.27. The zero-order valence-electron chi connectivity index (χ0n) is 24.8. The molecule has 0 aliphatic rings. The van der Waals surface area contributed by atoms with Crippen LogP contribution in [-0.2, 0) is 0 Å². The molecule has 3 heterocycles. The van der Waals surface area contributed by atoms with Crippen LogP contribution in [0.15, 0.2) is 158 Å². The second-order valence-corrected chi connectivity index (χ2v) is 11.9. The maximum Gasteiger partial charge on any atom is 0.165 e. The number of aromatic nitrogens is 4. The van der Waals surface area contributed by atoms with E-state index in [1.54, 1.807) is 0 Å². The van der Waals surface area contributed by atoms with E-state index in [0.29, 0.717) is 0 Å². The zero-order valence-corrected chi connectivity index (χ0v) is 24.8. The van der Waals surface area contributed by atoms with Crippen LogP contribution >= 0.6 is 0 Å². The first-order chi connectivity index (χ1) is 22.8. The van der Waals surface area contributed by atoms with Crippen LogP contribution in [0, 0.1) is 0 Å². The van der Waals surface area contributed by atoms with Crippen LogP contribution in [0.1, 0.15) is 0 Å². The molecule has 7 aromatic carbocycles. The highest BCUT2D eigenvalue weighted by atomic mass is 15.1. The van der Waals surface area contributed by atoms with Gasteiger partial charge in [-0.3, -0.25) is 4.57 Å². The summed E-state index contributed by atoms with van der Waals surface area (Å²) in [5.41, 5.74) is 9.31. The van der Waals surface area contributed by atoms with E-state index in [4.69, 9.17) is 9.97 Å². The molecule has 0 spiro atoms. The fraction of sp³-hybridized carbons (Fsp3) is 0. The number of nitrogens with zero attached hydrogens (tertiary/aromatic N) is 4. The Morgan fingerprint density at radius 2 is 0.935 bits per heavy atom. The highest BCUT2D eigenvalue weighted by molar-refractivity contribution is 6.15. The van der Waals surface area contributed by atoms with Crippen molar-refractivity contribution in [2.24, 2.45) is 0 Å². The van der Waals surface area contributed by atoms with E-state index in [1.807, 2.05) is 30.3 Å². The van der Waals surface area contributed by atoms with Crippen molar-refractivity contribution in [2.45, 2.75) is 0 Å². The van der Waals surface area contributed by atoms with Crippen LogP contribution < -0.4 is 0 Å². The average molecular weight is 587 g/mol. The molecule has 0 unspecified atom stereocenters. The fourth-order valence-corrected chi connectivity index (χ4v) is 7.20. The number of hydrogen-bond donors (Lipinski definition) is 0. The second kappa shape index (κ2) is 9.62. The van der Waals surface area contributed by atoms with Gasteiger partial charge in [-0.2, -0.15) is 0 Å². The molecule has 0 radical (unpaired) electrons. The van der Waals surface area contributed by atoms with E-state index in [-0.39, 0.29) is 0 Å². The van der Waals surface area contributed by atoms with Crippen LogP contribution in [0.4, 0.5) is 0 Å². The Morgan fingerprint density at radius 1 is 0.370 bits per heavy atom. The number of benzene rings is 7. The first-order valence-electron chi connectivity index (χ1n) is 15.6. The standard InChI is InChI=1S/C42H26N4/c1-2-12-27(13-3-1)41-42(44-36-19-9-8-18-35(36)43-41)46-39-25-29-15-5-4-14-28(29)24-34(39)33-23-22-30(26-40(33)46)45-37-20-10-6-16-31(37)32-17-7-11-21-38(32)45/h1-26H. The second-order valence-electron chi connectivity index (χ2n) is 11.9. The lowest BCUT2D eigenvalue weighted by atomic mass is 10.1. The van der Waals surface area contributed by atoms with E-state index < -0.39 is 0 Å². The highest BCUT2D eigenvalue weighted by Gasteiger charge is 2.21. The van der Waals surface area contributed by atoms with E-state index in [2.05, 4.69) is 137 Å². The van der Waals surface area contributed by atoms with Crippen molar-refractivity contribution in [1.82, 2.24) is 19.1 Å². The van der Waals surface area contributed by atoms with E-state index >= 15 is 0 Å². The molecule has 0 saturated heterocycles. The summed E-state index contributed by atoms with van der Waals surface area (Å²) in [7, 11) is 0. The van der Waals surface area contributed by atoms with E-state index in [1.165, 1.54) is 43.4 Å². The molecule has 0 bridgehead atoms. The van der Waals surface area contributed by atoms with Crippen LogP contribution in [-0.4, -0.2) is 19.1 Å². The van der Waals surface area contributed by atoms with Crippen LogP contribution in [0.5, 0.6) is 0 Å². The van der Waals surface area contributed by atoms with Gasteiger partial charge in [0.2, 0.25) is 0 Å². The molecule has 0 aliphatic heterocycles. The van der Waals surface area contributed by atoms with Gasteiger partial charge in [0.25, 0.3) is 0 Å². The molecule has 0 amide bonds. The normalized spacial score (nSPS) is 11.9. The third kappa shape index (κ3) is 3.61. The van der Waals surface area contributed by atoms with Gasteiger partial charge in [0.15, 0.2) is 5.82 Å². The summed E-state index contributed by atoms with van der Waals surface area (Å²) in [6.07, 6.45) is 0. The molecule has 0 aliphatic carbocycles. The lowest BCUT2D eigenvalue weighted by Gasteiger charge is -2.15. The fourth-order valence-electron chi connectivity index (χ4n) is 7.20. The molecule has 3 aromatic heterocycles. The van der Waals surface area contributed by atoms with Crippen molar-refractivity contribution in [3.8, 4) is 22.8 Å². The molecule has 0 N–H and O–H groups in total. The summed E-state index contributed by atoms with van der Waals surface area (Å²) in [6, 6.07) is 56.0. The van der Waals surface area contributed by atoms with Gasteiger partial charge in [0.05, 0.1) is 33.1 Å². The minimum Gasteiger partial charge on any atom is -0.309 e. The van der Waals surface area contributed by atoms with Crippen molar-refractivity contribution in [3.05, 3.63) is 158 Å². The lowest BCUT2D eigenvalue weighted by molar-refractivity contribution is 1.08.